The van der Waals surface area contributed by atoms with Gasteiger partial charge in [-0.15, -0.1) is 0 Å². The molecule has 0 amide bonds. The number of hydrogen-bond acceptors (Lipinski definition) is 7. The highest BCUT2D eigenvalue weighted by molar-refractivity contribution is 5.86. The van der Waals surface area contributed by atoms with Gasteiger partial charge in [-0.2, -0.15) is 0 Å². The molecule has 1 atom stereocenters. The fourth-order valence-corrected chi connectivity index (χ4v) is 1.49. The van der Waals surface area contributed by atoms with Gasteiger partial charge in [-0.25, -0.2) is 4.79 Å². The summed E-state index contributed by atoms with van der Waals surface area (Å²) < 4.78 is 19.7. The number of aliphatic hydroxyl groups excluding tert-OH is 1. The van der Waals surface area contributed by atoms with Crippen LogP contribution in [0.15, 0.2) is 12.2 Å². The van der Waals surface area contributed by atoms with Gasteiger partial charge in [-0.1, -0.05) is 6.58 Å². The van der Waals surface area contributed by atoms with Crippen LogP contribution in [0.4, 0.5) is 0 Å². The van der Waals surface area contributed by atoms with Crippen molar-refractivity contribution in [2.24, 2.45) is 5.41 Å². The molecule has 0 aliphatic carbocycles. The van der Waals surface area contributed by atoms with Crippen molar-refractivity contribution in [2.75, 3.05) is 40.6 Å². The van der Waals surface area contributed by atoms with Crippen molar-refractivity contribution in [1.82, 2.24) is 0 Å². The molecule has 0 aromatic carbocycles. The fourth-order valence-electron chi connectivity index (χ4n) is 1.49. The van der Waals surface area contributed by atoms with E-state index in [4.69, 9.17) is 18.9 Å². The molecule has 1 unspecified atom stereocenters. The fraction of sp³-hybridized carbons (Fsp3) is 0.714. The van der Waals surface area contributed by atoms with Crippen molar-refractivity contribution in [3.8, 4) is 0 Å². The van der Waals surface area contributed by atoms with E-state index in [-0.39, 0.29) is 32.0 Å². The molecule has 122 valence electrons. The van der Waals surface area contributed by atoms with Crippen LogP contribution in [0.3, 0.4) is 0 Å². The zero-order valence-electron chi connectivity index (χ0n) is 13.0. The Morgan fingerprint density at radius 2 is 1.62 bits per heavy atom. The number of esters is 2. The largest absolute Gasteiger partial charge is 0.462 e. The molecule has 0 heterocycles. The Bertz CT molecular complexity index is 358. The van der Waals surface area contributed by atoms with Crippen LogP contribution in [0.2, 0.25) is 0 Å². The van der Waals surface area contributed by atoms with Crippen molar-refractivity contribution in [3.05, 3.63) is 12.2 Å². The molecule has 0 aliphatic heterocycles. The number of carbonyl (C=O) groups is 2. The van der Waals surface area contributed by atoms with E-state index in [1.165, 1.54) is 21.1 Å². The molecule has 21 heavy (non-hydrogen) atoms. The predicted octanol–water partition coefficient (Wildman–Crippen LogP) is 0.309. The van der Waals surface area contributed by atoms with Crippen LogP contribution in [-0.2, 0) is 28.5 Å². The molecule has 0 aromatic rings. The summed E-state index contributed by atoms with van der Waals surface area (Å²) in [5.74, 6) is -1.17. The Hall–Kier alpha value is -1.44. The summed E-state index contributed by atoms with van der Waals surface area (Å²) in [6.07, 6.45) is -1.11. The smallest absolute Gasteiger partial charge is 0.333 e. The molecular formula is C14H24O7. The molecule has 1 N–H and O–H groups in total. The number of ether oxygens (including phenoxy) is 4. The molecule has 0 rings (SSSR count). The topological polar surface area (TPSA) is 91.3 Å². The number of aliphatic hydroxyl groups is 1. The molecule has 0 saturated carbocycles. The minimum Gasteiger partial charge on any atom is -0.462 e. The average Bonchev–Trinajstić information content (AvgIpc) is 2.42. The van der Waals surface area contributed by atoms with Crippen LogP contribution < -0.4 is 0 Å². The van der Waals surface area contributed by atoms with E-state index in [1.54, 1.807) is 6.92 Å². The maximum atomic E-state index is 12.0. The van der Waals surface area contributed by atoms with Gasteiger partial charge in [0.15, 0.2) is 0 Å². The first-order valence-electron chi connectivity index (χ1n) is 6.42. The molecular weight excluding hydrogens is 280 g/mol. The number of hydrogen-bond donors (Lipinski definition) is 1. The molecule has 0 saturated heterocycles. The summed E-state index contributed by atoms with van der Waals surface area (Å²) in [6.45, 7) is 6.23. The van der Waals surface area contributed by atoms with Crippen LogP contribution in [0.5, 0.6) is 0 Å². The number of carbonyl (C=O) groups excluding carboxylic acids is 2. The molecule has 0 radical (unpaired) electrons. The molecule has 7 nitrogen and oxygen atoms in total. The van der Waals surface area contributed by atoms with E-state index in [0.29, 0.717) is 0 Å². The Balaban J connectivity index is 4.26. The first-order chi connectivity index (χ1) is 9.76. The van der Waals surface area contributed by atoms with Crippen LogP contribution in [0.25, 0.3) is 0 Å². The Morgan fingerprint density at radius 1 is 1.14 bits per heavy atom. The second kappa shape index (κ2) is 9.49. The number of rotatable bonds is 10. The van der Waals surface area contributed by atoms with Crippen molar-refractivity contribution < 1.29 is 33.6 Å². The molecule has 0 aliphatic rings. The van der Waals surface area contributed by atoms with Gasteiger partial charge in [0.05, 0.1) is 13.2 Å². The lowest BCUT2D eigenvalue weighted by atomic mass is 9.93. The van der Waals surface area contributed by atoms with Crippen LogP contribution in [0, 0.1) is 5.41 Å². The Kier molecular flexibility index (Phi) is 8.84. The maximum Gasteiger partial charge on any atom is 0.333 e. The second-order valence-electron chi connectivity index (χ2n) is 5.06. The van der Waals surface area contributed by atoms with Crippen LogP contribution >= 0.6 is 0 Å². The quantitative estimate of drug-likeness (QED) is 0.459. The van der Waals surface area contributed by atoms with Gasteiger partial charge >= 0.3 is 11.9 Å². The van der Waals surface area contributed by atoms with Crippen molar-refractivity contribution in [2.45, 2.75) is 20.0 Å². The summed E-state index contributed by atoms with van der Waals surface area (Å²) in [4.78, 5) is 23.1. The summed E-state index contributed by atoms with van der Waals surface area (Å²) in [7, 11) is 2.93. The lowest BCUT2D eigenvalue weighted by Gasteiger charge is -2.26. The lowest BCUT2D eigenvalue weighted by Crippen LogP contribution is -2.40. The van der Waals surface area contributed by atoms with Crippen LogP contribution in [0.1, 0.15) is 13.8 Å². The van der Waals surface area contributed by atoms with Crippen LogP contribution in [-0.4, -0.2) is 63.8 Å². The van der Waals surface area contributed by atoms with E-state index < -0.39 is 23.5 Å². The first-order valence-corrected chi connectivity index (χ1v) is 6.42. The van der Waals surface area contributed by atoms with Gasteiger partial charge in [0.1, 0.15) is 24.7 Å². The van der Waals surface area contributed by atoms with Gasteiger partial charge in [-0.3, -0.25) is 4.79 Å². The monoisotopic (exact) mass is 304 g/mol. The molecule has 0 spiro atoms. The standard InChI is InChI=1S/C14H24O7/c1-10(2)12(16)20-6-11(15)7-21-13(17)14(3,8-18-4)9-19-5/h11,15H,1,6-9H2,2-5H3. The zero-order chi connectivity index (χ0) is 16.5. The summed E-state index contributed by atoms with van der Waals surface area (Å²) >= 11 is 0. The highest BCUT2D eigenvalue weighted by atomic mass is 16.6. The third-order valence-corrected chi connectivity index (χ3v) is 2.58. The van der Waals surface area contributed by atoms with Crippen molar-refractivity contribution >= 4 is 11.9 Å². The molecule has 0 fully saturated rings. The van der Waals surface area contributed by atoms with Crippen molar-refractivity contribution in [3.63, 3.8) is 0 Å². The highest BCUT2D eigenvalue weighted by Gasteiger charge is 2.35. The predicted molar refractivity (Wildman–Crippen MR) is 74.6 cm³/mol. The second-order valence-corrected chi connectivity index (χ2v) is 5.06. The Labute approximate surface area is 124 Å². The van der Waals surface area contributed by atoms with E-state index in [2.05, 4.69) is 6.58 Å². The molecule has 7 heteroatoms. The zero-order valence-corrected chi connectivity index (χ0v) is 13.0. The van der Waals surface area contributed by atoms with E-state index in [9.17, 15) is 14.7 Å². The normalized spacial score (nSPS) is 12.6. The van der Waals surface area contributed by atoms with Gasteiger partial charge in [0.2, 0.25) is 0 Å². The minimum atomic E-state index is -1.11. The number of methoxy groups -OCH3 is 2. The van der Waals surface area contributed by atoms with Gasteiger partial charge in [-0.05, 0) is 13.8 Å². The average molecular weight is 304 g/mol. The highest BCUT2D eigenvalue weighted by Crippen LogP contribution is 2.19. The van der Waals surface area contributed by atoms with Gasteiger partial charge in [0.25, 0.3) is 0 Å². The minimum absolute atomic E-state index is 0.125. The third-order valence-electron chi connectivity index (χ3n) is 2.58. The SMILES string of the molecule is C=C(C)C(=O)OCC(O)COC(=O)C(C)(COC)COC. The van der Waals surface area contributed by atoms with E-state index >= 15 is 0 Å². The molecule has 0 bridgehead atoms. The lowest BCUT2D eigenvalue weighted by molar-refractivity contribution is -0.166. The van der Waals surface area contributed by atoms with Gasteiger partial charge < -0.3 is 24.1 Å². The van der Waals surface area contributed by atoms with Crippen molar-refractivity contribution in [1.29, 1.82) is 0 Å². The Morgan fingerprint density at radius 3 is 2.05 bits per heavy atom. The maximum absolute atomic E-state index is 12.0. The summed E-state index contributed by atoms with van der Waals surface area (Å²) in [5, 5.41) is 9.61. The summed E-state index contributed by atoms with van der Waals surface area (Å²) in [5.41, 5.74) is -0.732. The summed E-state index contributed by atoms with van der Waals surface area (Å²) in [6, 6.07) is 0. The first kappa shape index (κ1) is 19.6. The third kappa shape index (κ3) is 7.22. The van der Waals surface area contributed by atoms with Gasteiger partial charge in [0, 0.05) is 19.8 Å². The molecule has 0 aromatic heterocycles. The van der Waals surface area contributed by atoms with E-state index in [0.717, 1.165) is 0 Å². The van der Waals surface area contributed by atoms with E-state index in [1.807, 2.05) is 0 Å².